The number of imidazole rings is 2. The fourth-order valence-corrected chi connectivity index (χ4v) is 9.76. The van der Waals surface area contributed by atoms with Crippen molar-refractivity contribution in [1.82, 2.24) is 49.8 Å². The van der Waals surface area contributed by atoms with Crippen LogP contribution in [0.2, 0.25) is 0 Å². The lowest BCUT2D eigenvalue weighted by atomic mass is 9.91. The van der Waals surface area contributed by atoms with E-state index in [1.807, 2.05) is 50.7 Å². The Bertz CT molecular complexity index is 2640. The number of aryl methyl sites for hydroxylation is 2. The lowest BCUT2D eigenvalue weighted by Gasteiger charge is -2.38. The van der Waals surface area contributed by atoms with Crippen molar-refractivity contribution in [3.63, 3.8) is 0 Å². The number of carbonyl (C=O) groups is 2. The van der Waals surface area contributed by atoms with E-state index in [2.05, 4.69) is 51.5 Å². The average Bonchev–Trinajstić information content (AvgIpc) is 4.02. The monoisotopic (exact) mass is 952 g/mol. The molecule has 0 unspecified atom stereocenters. The summed E-state index contributed by atoms with van der Waals surface area (Å²) in [6.07, 6.45) is 6.38. The Hall–Kier alpha value is -5.16. The first-order chi connectivity index (χ1) is 30.6. The number of fused-ring (bicyclic) bond motifs is 2. The summed E-state index contributed by atoms with van der Waals surface area (Å²) in [6, 6.07) is 7.49. The molecule has 0 spiro atoms. The molecule has 18 nitrogen and oxygen atoms in total. The fourth-order valence-electron chi connectivity index (χ4n) is 7.27. The Balaban J connectivity index is 0.000000194. The fraction of sp³-hybridized carbons (Fsp3) is 0.535. The van der Waals surface area contributed by atoms with Crippen molar-refractivity contribution >= 4 is 66.8 Å². The molecule has 0 aromatic carbocycles. The molecule has 2 saturated heterocycles. The second-order valence-electron chi connectivity index (χ2n) is 18.4. The number of nitrogens with zero attached hydrogens (tertiary/aromatic N) is 10. The van der Waals surface area contributed by atoms with Crippen LogP contribution in [0.5, 0.6) is 0 Å². The van der Waals surface area contributed by atoms with E-state index in [1.54, 1.807) is 62.3 Å². The van der Waals surface area contributed by atoms with Gasteiger partial charge in [-0.3, -0.25) is 0 Å². The van der Waals surface area contributed by atoms with Crippen LogP contribution in [0.4, 0.5) is 24.2 Å². The van der Waals surface area contributed by atoms with Crippen LogP contribution in [0.1, 0.15) is 78.6 Å². The number of rotatable bonds is 9. The molecule has 6 aromatic rings. The van der Waals surface area contributed by atoms with Crippen LogP contribution in [-0.2, 0) is 9.47 Å². The number of thioether (sulfide) groups is 1. The molecule has 4 N–H and O–H groups in total. The summed E-state index contributed by atoms with van der Waals surface area (Å²) in [5.74, 6) is -0.554. The molecule has 8 heterocycles. The quantitative estimate of drug-likeness (QED) is 0.0859. The van der Waals surface area contributed by atoms with Crippen LogP contribution in [0.15, 0.2) is 41.7 Å². The molecular weight excluding hydrogens is 896 g/mol. The zero-order valence-electron chi connectivity index (χ0n) is 38.1. The molecule has 2 fully saturated rings. The van der Waals surface area contributed by atoms with Gasteiger partial charge in [-0.05, 0) is 112 Å². The Morgan fingerprint density at radius 3 is 1.55 bits per heavy atom. The molecule has 0 radical (unpaired) electrons. The molecule has 2 aliphatic rings. The van der Waals surface area contributed by atoms with Gasteiger partial charge in [0.1, 0.15) is 16.2 Å². The zero-order valence-corrected chi connectivity index (χ0v) is 40.6. The molecule has 22 heteroatoms. The minimum atomic E-state index is -1.01. The molecule has 0 saturated carbocycles. The van der Waals surface area contributed by atoms with Crippen molar-refractivity contribution in [2.24, 2.45) is 0 Å². The highest BCUT2D eigenvalue weighted by Gasteiger charge is 2.36. The number of aliphatic hydroxyl groups is 2. The van der Waals surface area contributed by atoms with Crippen LogP contribution in [0.3, 0.4) is 0 Å². The maximum absolute atomic E-state index is 14.4. The van der Waals surface area contributed by atoms with E-state index in [9.17, 15) is 24.2 Å². The van der Waals surface area contributed by atoms with Gasteiger partial charge in [-0.1, -0.05) is 22.7 Å². The molecule has 2 amide bonds. The van der Waals surface area contributed by atoms with Gasteiger partial charge in [0.2, 0.25) is 26.1 Å². The van der Waals surface area contributed by atoms with Gasteiger partial charge in [-0.25, -0.2) is 38.6 Å². The van der Waals surface area contributed by atoms with Crippen molar-refractivity contribution in [3.05, 3.63) is 54.0 Å². The van der Waals surface area contributed by atoms with Gasteiger partial charge in [0, 0.05) is 56.2 Å². The van der Waals surface area contributed by atoms with Gasteiger partial charge < -0.3 is 40.1 Å². The molecule has 0 aliphatic carbocycles. The maximum Gasteiger partial charge on any atom is 0.407 e. The predicted octanol–water partition coefficient (Wildman–Crippen LogP) is 6.90. The lowest BCUT2D eigenvalue weighted by Crippen LogP contribution is -2.51. The molecule has 0 bridgehead atoms. The highest BCUT2D eigenvalue weighted by Crippen LogP contribution is 2.35. The van der Waals surface area contributed by atoms with Gasteiger partial charge in [-0.15, -0.1) is 22.0 Å². The third-order valence-corrected chi connectivity index (χ3v) is 13.4. The van der Waals surface area contributed by atoms with Crippen molar-refractivity contribution in [1.29, 1.82) is 0 Å². The molecule has 6 aromatic heterocycles. The Morgan fingerprint density at radius 2 is 1.14 bits per heavy atom. The number of amides is 2. The first-order valence-corrected chi connectivity index (χ1v) is 24.2. The molecule has 65 heavy (non-hydrogen) atoms. The number of hydrogen-bond donors (Lipinski definition) is 4. The first kappa shape index (κ1) is 47.8. The Labute approximate surface area is 389 Å². The maximum atomic E-state index is 14.4. The van der Waals surface area contributed by atoms with Crippen LogP contribution in [-0.4, -0.2) is 129 Å². The third-order valence-electron chi connectivity index (χ3n) is 10.7. The molecule has 8 rings (SSSR count). The van der Waals surface area contributed by atoms with Gasteiger partial charge in [0.05, 0.1) is 40.5 Å². The van der Waals surface area contributed by atoms with E-state index in [0.717, 1.165) is 37.2 Å². The summed E-state index contributed by atoms with van der Waals surface area (Å²) in [7, 11) is 0. The second-order valence-corrected chi connectivity index (χ2v) is 21.0. The van der Waals surface area contributed by atoms with Crippen molar-refractivity contribution in [2.45, 2.75) is 109 Å². The van der Waals surface area contributed by atoms with Gasteiger partial charge in [0.15, 0.2) is 0 Å². The number of hydrogen-bond acceptors (Lipinski definition) is 17. The minimum absolute atomic E-state index is 0.126. The normalized spacial score (nSPS) is 16.3. The SMILES string of the molecule is CSc1nc(C)ccc1-c1cnc2sc(N3CCC(O)(CNC(=O)OC(C)(C)C)CC3)nn12.Cc1ccc(-c2cnc3sc(N4CCC(O)(CNC(=O)OC(C)(C)C)CC4)nn23)c(F)n1. The summed E-state index contributed by atoms with van der Waals surface area (Å²) < 4.78 is 28.3. The summed E-state index contributed by atoms with van der Waals surface area (Å²) in [5, 5.41) is 39.1. The van der Waals surface area contributed by atoms with Crippen LogP contribution < -0.4 is 20.4 Å². The second kappa shape index (κ2) is 19.0. The summed E-state index contributed by atoms with van der Waals surface area (Å²) in [6.45, 7) is 17.2. The number of alkyl carbamates (subject to hydrolysis) is 2. The smallest absolute Gasteiger partial charge is 0.407 e. The number of pyridine rings is 2. The van der Waals surface area contributed by atoms with E-state index in [4.69, 9.17) is 14.6 Å². The van der Waals surface area contributed by atoms with Gasteiger partial charge in [0.25, 0.3) is 0 Å². The van der Waals surface area contributed by atoms with E-state index >= 15 is 0 Å². The van der Waals surface area contributed by atoms with Crippen molar-refractivity contribution in [2.75, 3.05) is 55.3 Å². The van der Waals surface area contributed by atoms with Crippen LogP contribution in [0, 0.1) is 19.8 Å². The molecule has 0 atom stereocenters. The lowest BCUT2D eigenvalue weighted by molar-refractivity contribution is 0.00798. The van der Waals surface area contributed by atoms with Crippen molar-refractivity contribution in [3.8, 4) is 22.5 Å². The topological polar surface area (TPSA) is 210 Å². The standard InChI is InChI=1S/C22H30N6O3S2.C21H27FN6O3S/c1-14-6-7-15(17(25-14)32-5)16-12-23-18-28(16)26-19(33-18)27-10-8-22(30,9-11-27)13-24-20(29)31-21(2,3)4;1-13-5-6-14(16(22)25-13)15-11-23-17-28(15)26-18(32-17)27-9-7-21(30,8-10-27)12-24-19(29)31-20(2,3)4/h6-7,12,30H,8-11,13H2,1-5H3,(H,24,29);5-6,11,30H,7-10,12H2,1-4H3,(H,24,29). The van der Waals surface area contributed by atoms with Crippen LogP contribution >= 0.6 is 34.4 Å². The predicted molar refractivity (Wildman–Crippen MR) is 251 cm³/mol. The highest BCUT2D eigenvalue weighted by molar-refractivity contribution is 7.98. The number of aromatic nitrogens is 8. The largest absolute Gasteiger partial charge is 0.444 e. The number of halogens is 1. The first-order valence-electron chi connectivity index (χ1n) is 21.3. The van der Waals surface area contributed by atoms with E-state index in [1.165, 1.54) is 22.7 Å². The van der Waals surface area contributed by atoms with Crippen molar-refractivity contribution < 1.29 is 33.7 Å². The highest BCUT2D eigenvalue weighted by atomic mass is 32.2. The zero-order chi connectivity index (χ0) is 46.9. The average molecular weight is 953 g/mol. The molecule has 350 valence electrons. The van der Waals surface area contributed by atoms with Gasteiger partial charge >= 0.3 is 12.2 Å². The third kappa shape index (κ3) is 11.8. The number of anilines is 2. The summed E-state index contributed by atoms with van der Waals surface area (Å²) in [4.78, 5) is 47.0. The number of carbonyl (C=O) groups excluding carboxylic acids is 2. The number of piperidine rings is 2. The number of nitrogens with one attached hydrogen (secondary N) is 2. The number of ether oxygens (including phenoxy) is 2. The van der Waals surface area contributed by atoms with Gasteiger partial charge in [-0.2, -0.15) is 4.39 Å². The van der Waals surface area contributed by atoms with E-state index in [0.29, 0.717) is 73.8 Å². The molecule has 2 aliphatic heterocycles. The summed E-state index contributed by atoms with van der Waals surface area (Å²) >= 11 is 4.54. The van der Waals surface area contributed by atoms with Crippen LogP contribution in [0.25, 0.3) is 32.4 Å². The molecular formula is C43H57FN12O6S3. The Kier molecular flexibility index (Phi) is 14.0. The van der Waals surface area contributed by atoms with E-state index < -0.39 is 40.5 Å². The van der Waals surface area contributed by atoms with E-state index in [-0.39, 0.29) is 13.1 Å². The Morgan fingerprint density at radius 1 is 0.723 bits per heavy atom. The minimum Gasteiger partial charge on any atom is -0.444 e. The summed E-state index contributed by atoms with van der Waals surface area (Å²) in [5.41, 5.74) is 1.28.